The zero-order valence-corrected chi connectivity index (χ0v) is 14.0. The summed E-state index contributed by atoms with van der Waals surface area (Å²) in [6, 6.07) is 4.18. The maximum atomic E-state index is 12.1. The lowest BCUT2D eigenvalue weighted by atomic mass is 10.1. The van der Waals surface area contributed by atoms with E-state index in [0.29, 0.717) is 12.5 Å². The summed E-state index contributed by atoms with van der Waals surface area (Å²) in [5.41, 5.74) is 0. The van der Waals surface area contributed by atoms with Crippen LogP contribution in [0, 0.1) is 12.8 Å². The number of amides is 2. The van der Waals surface area contributed by atoms with Gasteiger partial charge in [-0.2, -0.15) is 0 Å². The lowest BCUT2D eigenvalue weighted by Gasteiger charge is -2.33. The first-order valence-corrected chi connectivity index (χ1v) is 8.56. The third kappa shape index (κ3) is 4.48. The highest BCUT2D eigenvalue weighted by atomic mass is 16.5. The van der Waals surface area contributed by atoms with E-state index >= 15 is 0 Å². The van der Waals surface area contributed by atoms with Crippen molar-refractivity contribution in [2.24, 2.45) is 5.92 Å². The predicted molar refractivity (Wildman–Crippen MR) is 87.3 cm³/mol. The van der Waals surface area contributed by atoms with E-state index in [0.717, 1.165) is 37.8 Å². The van der Waals surface area contributed by atoms with E-state index in [1.54, 1.807) is 0 Å². The second-order valence-corrected chi connectivity index (χ2v) is 6.59. The van der Waals surface area contributed by atoms with Crippen LogP contribution in [0.1, 0.15) is 37.3 Å². The van der Waals surface area contributed by atoms with Crippen LogP contribution >= 0.6 is 0 Å². The number of nitrogens with zero attached hydrogens (tertiary/aromatic N) is 1. The summed E-state index contributed by atoms with van der Waals surface area (Å²) >= 11 is 0. The Morgan fingerprint density at radius 1 is 1.35 bits per heavy atom. The highest BCUT2D eigenvalue weighted by Crippen LogP contribution is 2.32. The first-order chi connectivity index (χ1) is 11.1. The minimum absolute atomic E-state index is 0.0505. The van der Waals surface area contributed by atoms with Crippen molar-refractivity contribution in [3.05, 3.63) is 23.7 Å². The second-order valence-electron chi connectivity index (χ2n) is 6.59. The minimum atomic E-state index is -0.0917. The van der Waals surface area contributed by atoms with Crippen LogP contribution < -0.4 is 10.6 Å². The van der Waals surface area contributed by atoms with Crippen molar-refractivity contribution in [2.45, 2.75) is 38.8 Å². The largest absolute Gasteiger partial charge is 0.465 e. The molecule has 23 heavy (non-hydrogen) atoms. The van der Waals surface area contributed by atoms with Crippen LogP contribution in [-0.2, 0) is 4.74 Å². The number of nitrogens with one attached hydrogen (secondary N) is 2. The monoisotopic (exact) mass is 321 g/mol. The van der Waals surface area contributed by atoms with Crippen LogP contribution in [0.3, 0.4) is 0 Å². The van der Waals surface area contributed by atoms with Gasteiger partial charge in [0.15, 0.2) is 0 Å². The van der Waals surface area contributed by atoms with Gasteiger partial charge in [-0.05, 0) is 44.7 Å². The average molecular weight is 321 g/mol. The Kier molecular flexibility index (Phi) is 5.23. The zero-order valence-electron chi connectivity index (χ0n) is 14.0. The number of carbonyl (C=O) groups is 1. The van der Waals surface area contributed by atoms with Gasteiger partial charge in [0.1, 0.15) is 11.5 Å². The number of hydrogen-bond donors (Lipinski definition) is 2. The molecule has 0 bridgehead atoms. The van der Waals surface area contributed by atoms with E-state index in [-0.39, 0.29) is 18.1 Å². The molecule has 2 N–H and O–H groups in total. The molecule has 3 rings (SSSR count). The smallest absolute Gasteiger partial charge is 0.315 e. The summed E-state index contributed by atoms with van der Waals surface area (Å²) in [5.74, 6) is 2.45. The van der Waals surface area contributed by atoms with Crippen LogP contribution in [0.15, 0.2) is 16.5 Å². The molecule has 2 fully saturated rings. The van der Waals surface area contributed by atoms with E-state index in [1.807, 2.05) is 19.1 Å². The summed E-state index contributed by atoms with van der Waals surface area (Å²) in [7, 11) is 0. The number of urea groups is 1. The van der Waals surface area contributed by atoms with Crippen molar-refractivity contribution >= 4 is 6.03 Å². The van der Waals surface area contributed by atoms with E-state index in [4.69, 9.17) is 9.15 Å². The molecule has 1 aromatic heterocycles. The molecule has 0 aromatic carbocycles. The Balaban J connectivity index is 1.57. The summed E-state index contributed by atoms with van der Waals surface area (Å²) in [6.45, 7) is 7.71. The Bertz CT molecular complexity index is 521. The highest BCUT2D eigenvalue weighted by Gasteiger charge is 2.30. The van der Waals surface area contributed by atoms with Crippen molar-refractivity contribution < 1.29 is 13.9 Å². The highest BCUT2D eigenvalue weighted by molar-refractivity contribution is 5.74. The van der Waals surface area contributed by atoms with Gasteiger partial charge >= 0.3 is 6.03 Å². The SMILES string of the molecule is Cc1ccc([C@@H](CNC(=O)N[C@@H](C)C2CC2)N2CCOCC2)o1. The molecule has 1 aliphatic carbocycles. The molecule has 2 atom stereocenters. The van der Waals surface area contributed by atoms with Crippen molar-refractivity contribution in [3.63, 3.8) is 0 Å². The number of rotatable bonds is 6. The standard InChI is InChI=1S/C17H27N3O3/c1-12-3-6-16(23-12)15(20-7-9-22-10-8-20)11-18-17(21)19-13(2)14-4-5-14/h3,6,13-15H,4-5,7-11H2,1-2H3,(H2,18,19,21)/t13-,15+/m0/s1. The van der Waals surface area contributed by atoms with Gasteiger partial charge in [-0.1, -0.05) is 0 Å². The fourth-order valence-electron chi connectivity index (χ4n) is 3.09. The van der Waals surface area contributed by atoms with Crippen LogP contribution in [0.5, 0.6) is 0 Å². The summed E-state index contributed by atoms with van der Waals surface area (Å²) in [5, 5.41) is 6.04. The van der Waals surface area contributed by atoms with Crippen LogP contribution in [0.25, 0.3) is 0 Å². The van der Waals surface area contributed by atoms with Gasteiger partial charge < -0.3 is 19.8 Å². The molecule has 1 saturated heterocycles. The Morgan fingerprint density at radius 3 is 2.70 bits per heavy atom. The lowest BCUT2D eigenvalue weighted by molar-refractivity contribution is 0.0121. The number of furan rings is 1. The lowest BCUT2D eigenvalue weighted by Crippen LogP contribution is -2.47. The average Bonchev–Trinajstić information content (AvgIpc) is 3.31. The molecule has 2 amide bonds. The summed E-state index contributed by atoms with van der Waals surface area (Å²) in [4.78, 5) is 14.4. The number of morpholine rings is 1. The zero-order chi connectivity index (χ0) is 16.2. The Labute approximate surface area is 137 Å². The molecule has 1 aliphatic heterocycles. The molecule has 2 aliphatic rings. The van der Waals surface area contributed by atoms with Gasteiger partial charge in [-0.25, -0.2) is 4.79 Å². The predicted octanol–water partition coefficient (Wildman–Crippen LogP) is 2.06. The maximum absolute atomic E-state index is 12.1. The fraction of sp³-hybridized carbons (Fsp3) is 0.706. The van der Waals surface area contributed by atoms with Crippen LogP contribution in [-0.4, -0.2) is 49.8 Å². The van der Waals surface area contributed by atoms with Gasteiger partial charge in [0.2, 0.25) is 0 Å². The molecule has 2 heterocycles. The van der Waals surface area contributed by atoms with Crippen molar-refractivity contribution in [1.82, 2.24) is 15.5 Å². The molecule has 6 heteroatoms. The third-order valence-corrected chi connectivity index (χ3v) is 4.72. The van der Waals surface area contributed by atoms with E-state index in [2.05, 4.69) is 22.5 Å². The van der Waals surface area contributed by atoms with Gasteiger partial charge in [-0.15, -0.1) is 0 Å². The fourth-order valence-corrected chi connectivity index (χ4v) is 3.09. The van der Waals surface area contributed by atoms with Gasteiger partial charge in [0, 0.05) is 25.7 Å². The molecule has 1 aromatic rings. The molecule has 0 spiro atoms. The minimum Gasteiger partial charge on any atom is -0.465 e. The second kappa shape index (κ2) is 7.36. The first-order valence-electron chi connectivity index (χ1n) is 8.56. The maximum Gasteiger partial charge on any atom is 0.315 e. The van der Waals surface area contributed by atoms with Gasteiger partial charge in [-0.3, -0.25) is 4.90 Å². The molecular formula is C17H27N3O3. The molecule has 0 unspecified atom stereocenters. The Hall–Kier alpha value is -1.53. The molecular weight excluding hydrogens is 294 g/mol. The Morgan fingerprint density at radius 2 is 2.09 bits per heavy atom. The van der Waals surface area contributed by atoms with E-state index in [9.17, 15) is 4.79 Å². The molecule has 128 valence electrons. The first kappa shape index (κ1) is 16.3. The number of ether oxygens (including phenoxy) is 1. The molecule has 0 radical (unpaired) electrons. The summed E-state index contributed by atoms with van der Waals surface area (Å²) < 4.78 is 11.2. The van der Waals surface area contributed by atoms with E-state index < -0.39 is 0 Å². The van der Waals surface area contributed by atoms with Gasteiger partial charge in [0.25, 0.3) is 0 Å². The van der Waals surface area contributed by atoms with Crippen molar-refractivity contribution in [2.75, 3.05) is 32.8 Å². The normalized spacial score (nSPS) is 21.7. The topological polar surface area (TPSA) is 66.7 Å². The van der Waals surface area contributed by atoms with Crippen LogP contribution in [0.4, 0.5) is 4.79 Å². The van der Waals surface area contributed by atoms with Crippen molar-refractivity contribution in [1.29, 1.82) is 0 Å². The number of hydrogen-bond acceptors (Lipinski definition) is 4. The molecule has 6 nitrogen and oxygen atoms in total. The van der Waals surface area contributed by atoms with Gasteiger partial charge in [0.05, 0.1) is 19.3 Å². The van der Waals surface area contributed by atoms with E-state index in [1.165, 1.54) is 12.8 Å². The molecule has 1 saturated carbocycles. The van der Waals surface area contributed by atoms with Crippen LogP contribution in [0.2, 0.25) is 0 Å². The number of carbonyl (C=O) groups excluding carboxylic acids is 1. The van der Waals surface area contributed by atoms with Crippen molar-refractivity contribution in [3.8, 4) is 0 Å². The number of aryl methyl sites for hydroxylation is 1. The summed E-state index contributed by atoms with van der Waals surface area (Å²) in [6.07, 6.45) is 2.45. The quantitative estimate of drug-likeness (QED) is 0.842. The third-order valence-electron chi connectivity index (χ3n) is 4.72.